The van der Waals surface area contributed by atoms with Crippen LogP contribution in [0.5, 0.6) is 0 Å². The molecule has 0 fully saturated rings. The maximum atomic E-state index is 12.1. The molecule has 0 aromatic heterocycles. The third-order valence-corrected chi connectivity index (χ3v) is 4.18. The summed E-state index contributed by atoms with van der Waals surface area (Å²) in [5, 5.41) is 0. The Hall–Kier alpha value is -0.980. The number of hydrogen-bond donors (Lipinski definition) is 2. The Morgan fingerprint density at radius 1 is 1.37 bits per heavy atom. The van der Waals surface area contributed by atoms with E-state index in [4.69, 9.17) is 18.0 Å². The molecule has 0 atom stereocenters. The summed E-state index contributed by atoms with van der Waals surface area (Å²) in [7, 11) is -3.49. The Labute approximate surface area is 120 Å². The van der Waals surface area contributed by atoms with Gasteiger partial charge in [-0.05, 0) is 30.0 Å². The summed E-state index contributed by atoms with van der Waals surface area (Å²) in [6.07, 6.45) is 0. The molecule has 3 N–H and O–H groups in total. The van der Waals surface area contributed by atoms with Crippen LogP contribution in [-0.4, -0.2) is 20.0 Å². The third-order valence-electron chi connectivity index (χ3n) is 2.57. The number of thiocarbonyl (C=S) groups is 1. The SMILES string of the molecule is Cc1cc(S(=O)(=O)NCC(C)(C)C)ccc1C(N)=S. The van der Waals surface area contributed by atoms with Crippen LogP contribution in [0, 0.1) is 12.3 Å². The zero-order chi connectivity index (χ0) is 14.8. The van der Waals surface area contributed by atoms with E-state index in [0.29, 0.717) is 12.1 Å². The van der Waals surface area contributed by atoms with Gasteiger partial charge in [0.2, 0.25) is 10.0 Å². The van der Waals surface area contributed by atoms with Crippen molar-refractivity contribution in [1.29, 1.82) is 0 Å². The second kappa shape index (κ2) is 5.56. The normalized spacial score (nSPS) is 12.4. The van der Waals surface area contributed by atoms with Crippen LogP contribution in [0.15, 0.2) is 23.1 Å². The average Bonchev–Trinajstić information content (AvgIpc) is 2.25. The number of aryl methyl sites for hydroxylation is 1. The molecular weight excluding hydrogens is 280 g/mol. The molecule has 0 saturated carbocycles. The van der Waals surface area contributed by atoms with Crippen molar-refractivity contribution in [3.05, 3.63) is 29.3 Å². The predicted molar refractivity (Wildman–Crippen MR) is 81.7 cm³/mol. The lowest BCUT2D eigenvalue weighted by molar-refractivity contribution is 0.407. The molecule has 1 aromatic rings. The second-order valence-corrected chi connectivity index (χ2v) is 7.93. The molecule has 0 aliphatic carbocycles. The van der Waals surface area contributed by atoms with Crippen molar-refractivity contribution in [2.24, 2.45) is 11.1 Å². The van der Waals surface area contributed by atoms with Gasteiger partial charge >= 0.3 is 0 Å². The first-order valence-corrected chi connectivity index (χ1v) is 7.82. The van der Waals surface area contributed by atoms with Gasteiger partial charge in [0, 0.05) is 12.1 Å². The minimum absolute atomic E-state index is 0.110. The number of benzene rings is 1. The van der Waals surface area contributed by atoms with Gasteiger partial charge in [-0.15, -0.1) is 0 Å². The average molecular weight is 300 g/mol. The molecule has 106 valence electrons. The predicted octanol–water partition coefficient (Wildman–Crippen LogP) is 1.95. The van der Waals surface area contributed by atoms with Crippen LogP contribution >= 0.6 is 12.2 Å². The molecule has 0 radical (unpaired) electrons. The standard InChI is InChI=1S/C13H20N2O2S2/c1-9-7-10(5-6-11(9)12(14)18)19(16,17)15-8-13(2,3)4/h5-7,15H,8H2,1-4H3,(H2,14,18). The van der Waals surface area contributed by atoms with Crippen LogP contribution in [0.4, 0.5) is 0 Å². The molecule has 4 nitrogen and oxygen atoms in total. The Morgan fingerprint density at radius 3 is 2.37 bits per heavy atom. The highest BCUT2D eigenvalue weighted by Gasteiger charge is 2.19. The molecule has 0 aliphatic heterocycles. The van der Waals surface area contributed by atoms with Gasteiger partial charge < -0.3 is 5.73 Å². The van der Waals surface area contributed by atoms with E-state index in [1.807, 2.05) is 20.8 Å². The Kier molecular flexibility index (Phi) is 4.71. The van der Waals surface area contributed by atoms with E-state index in [0.717, 1.165) is 5.56 Å². The summed E-state index contributed by atoms with van der Waals surface area (Å²) in [6, 6.07) is 4.75. The zero-order valence-electron chi connectivity index (χ0n) is 11.6. The van der Waals surface area contributed by atoms with E-state index in [9.17, 15) is 8.42 Å². The lowest BCUT2D eigenvalue weighted by Gasteiger charge is -2.19. The van der Waals surface area contributed by atoms with Crippen molar-refractivity contribution >= 4 is 27.2 Å². The highest BCUT2D eigenvalue weighted by atomic mass is 32.2. The van der Waals surface area contributed by atoms with E-state index in [-0.39, 0.29) is 15.3 Å². The summed E-state index contributed by atoms with van der Waals surface area (Å²) in [5.41, 5.74) is 6.90. The fraction of sp³-hybridized carbons (Fsp3) is 0.462. The fourth-order valence-electron chi connectivity index (χ4n) is 1.47. The van der Waals surface area contributed by atoms with E-state index in [1.54, 1.807) is 19.1 Å². The van der Waals surface area contributed by atoms with Gasteiger partial charge in [-0.25, -0.2) is 13.1 Å². The number of nitrogens with two attached hydrogens (primary N) is 1. The molecule has 0 spiro atoms. The molecule has 1 rings (SSSR count). The van der Waals surface area contributed by atoms with Crippen LogP contribution < -0.4 is 10.5 Å². The lowest BCUT2D eigenvalue weighted by atomic mass is 9.98. The van der Waals surface area contributed by atoms with Gasteiger partial charge in [-0.3, -0.25) is 0 Å². The number of hydrogen-bond acceptors (Lipinski definition) is 3. The molecule has 6 heteroatoms. The molecule has 0 amide bonds. The van der Waals surface area contributed by atoms with Gasteiger partial charge in [0.15, 0.2) is 0 Å². The summed E-state index contributed by atoms with van der Waals surface area (Å²) in [6.45, 7) is 8.08. The van der Waals surface area contributed by atoms with Crippen LogP contribution in [0.25, 0.3) is 0 Å². The molecule has 19 heavy (non-hydrogen) atoms. The fourth-order valence-corrected chi connectivity index (χ4v) is 3.07. The molecule has 0 aliphatic rings. The first-order valence-electron chi connectivity index (χ1n) is 5.93. The minimum Gasteiger partial charge on any atom is -0.389 e. The van der Waals surface area contributed by atoms with Crippen molar-refractivity contribution in [3.8, 4) is 0 Å². The van der Waals surface area contributed by atoms with Crippen LogP contribution in [0.3, 0.4) is 0 Å². The molecular formula is C13H20N2O2S2. The maximum absolute atomic E-state index is 12.1. The van der Waals surface area contributed by atoms with Crippen molar-refractivity contribution in [3.63, 3.8) is 0 Å². The van der Waals surface area contributed by atoms with E-state index >= 15 is 0 Å². The van der Waals surface area contributed by atoms with Crippen molar-refractivity contribution in [2.75, 3.05) is 6.54 Å². The first-order chi connectivity index (χ1) is 8.53. The smallest absolute Gasteiger partial charge is 0.240 e. The third kappa shape index (κ3) is 4.56. The highest BCUT2D eigenvalue weighted by molar-refractivity contribution is 7.89. The van der Waals surface area contributed by atoms with Crippen molar-refractivity contribution < 1.29 is 8.42 Å². The molecule has 1 aromatic carbocycles. The maximum Gasteiger partial charge on any atom is 0.240 e. The number of rotatable bonds is 4. The highest BCUT2D eigenvalue weighted by Crippen LogP contribution is 2.17. The van der Waals surface area contributed by atoms with Crippen molar-refractivity contribution in [2.45, 2.75) is 32.6 Å². The van der Waals surface area contributed by atoms with Gasteiger partial charge in [0.25, 0.3) is 0 Å². The van der Waals surface area contributed by atoms with Gasteiger partial charge in [-0.2, -0.15) is 0 Å². The van der Waals surface area contributed by atoms with E-state index < -0.39 is 10.0 Å². The van der Waals surface area contributed by atoms with Gasteiger partial charge in [0.1, 0.15) is 4.99 Å². The number of nitrogens with one attached hydrogen (secondary N) is 1. The van der Waals surface area contributed by atoms with Gasteiger partial charge in [-0.1, -0.05) is 39.1 Å². The monoisotopic (exact) mass is 300 g/mol. The van der Waals surface area contributed by atoms with E-state index in [2.05, 4.69) is 4.72 Å². The van der Waals surface area contributed by atoms with Gasteiger partial charge in [0.05, 0.1) is 4.90 Å². The molecule has 0 bridgehead atoms. The minimum atomic E-state index is -3.49. The summed E-state index contributed by atoms with van der Waals surface area (Å²) in [5.74, 6) is 0. The summed E-state index contributed by atoms with van der Waals surface area (Å²) >= 11 is 4.90. The van der Waals surface area contributed by atoms with Crippen LogP contribution in [0.2, 0.25) is 0 Å². The topological polar surface area (TPSA) is 72.2 Å². The quantitative estimate of drug-likeness (QED) is 0.834. The summed E-state index contributed by atoms with van der Waals surface area (Å²) in [4.78, 5) is 0.498. The molecule has 0 unspecified atom stereocenters. The largest absolute Gasteiger partial charge is 0.389 e. The first kappa shape index (κ1) is 16.1. The Morgan fingerprint density at radius 2 is 1.95 bits per heavy atom. The lowest BCUT2D eigenvalue weighted by Crippen LogP contribution is -2.32. The van der Waals surface area contributed by atoms with E-state index in [1.165, 1.54) is 6.07 Å². The zero-order valence-corrected chi connectivity index (χ0v) is 13.3. The van der Waals surface area contributed by atoms with Crippen LogP contribution in [0.1, 0.15) is 31.9 Å². The van der Waals surface area contributed by atoms with Crippen LogP contribution in [-0.2, 0) is 10.0 Å². The second-order valence-electron chi connectivity index (χ2n) is 5.73. The number of sulfonamides is 1. The molecule has 0 saturated heterocycles. The van der Waals surface area contributed by atoms with Crippen molar-refractivity contribution in [1.82, 2.24) is 4.72 Å². The summed E-state index contributed by atoms with van der Waals surface area (Å²) < 4.78 is 26.9. The Balaban J connectivity index is 3.03. The molecule has 0 heterocycles. The Bertz CT molecular complexity index is 587.